The van der Waals surface area contributed by atoms with Gasteiger partial charge in [0.15, 0.2) is 0 Å². The number of pyridine rings is 1. The van der Waals surface area contributed by atoms with Crippen LogP contribution in [0.1, 0.15) is 38.5 Å². The second kappa shape index (κ2) is 5.61. The molecule has 1 aliphatic rings. The van der Waals surface area contributed by atoms with Gasteiger partial charge in [0, 0.05) is 12.2 Å². The maximum Gasteiger partial charge on any atom is 0.310 e. The van der Waals surface area contributed by atoms with Crippen LogP contribution in [0.4, 0.5) is 11.4 Å². The second-order valence-corrected chi connectivity index (χ2v) is 4.48. The molecule has 0 aromatic carbocycles. The van der Waals surface area contributed by atoms with Gasteiger partial charge in [-0.05, 0) is 18.9 Å². The van der Waals surface area contributed by atoms with Crippen LogP contribution in [0.5, 0.6) is 0 Å². The highest BCUT2D eigenvalue weighted by atomic mass is 16.6. The van der Waals surface area contributed by atoms with Crippen molar-refractivity contribution >= 4 is 11.4 Å². The van der Waals surface area contributed by atoms with Crippen LogP contribution in [-0.2, 0) is 0 Å². The Morgan fingerprint density at radius 2 is 2.00 bits per heavy atom. The molecule has 0 amide bonds. The molecule has 92 valence electrons. The van der Waals surface area contributed by atoms with Crippen molar-refractivity contribution in [3.05, 3.63) is 28.6 Å². The fourth-order valence-corrected chi connectivity index (χ4v) is 2.30. The molecule has 17 heavy (non-hydrogen) atoms. The lowest BCUT2D eigenvalue weighted by Gasteiger charge is -2.17. The van der Waals surface area contributed by atoms with E-state index in [0.29, 0.717) is 11.7 Å². The lowest BCUT2D eigenvalue weighted by Crippen LogP contribution is -2.19. The van der Waals surface area contributed by atoms with Crippen molar-refractivity contribution in [3.8, 4) is 0 Å². The molecule has 0 unspecified atom stereocenters. The smallest absolute Gasteiger partial charge is 0.310 e. The highest BCUT2D eigenvalue weighted by molar-refractivity contribution is 5.60. The van der Waals surface area contributed by atoms with E-state index >= 15 is 0 Å². The highest BCUT2D eigenvalue weighted by Gasteiger charge is 2.18. The number of hydrogen-bond acceptors (Lipinski definition) is 4. The highest BCUT2D eigenvalue weighted by Crippen LogP contribution is 2.26. The monoisotopic (exact) mass is 235 g/mol. The maximum absolute atomic E-state index is 10.9. The Balaban J connectivity index is 2.09. The zero-order chi connectivity index (χ0) is 12.1. The van der Waals surface area contributed by atoms with Crippen molar-refractivity contribution in [2.24, 2.45) is 0 Å². The number of rotatable bonds is 3. The zero-order valence-corrected chi connectivity index (χ0v) is 9.76. The van der Waals surface area contributed by atoms with Crippen LogP contribution < -0.4 is 5.32 Å². The van der Waals surface area contributed by atoms with Gasteiger partial charge in [-0.1, -0.05) is 25.7 Å². The molecular formula is C12H17N3O2. The molecule has 1 fully saturated rings. The molecule has 5 nitrogen and oxygen atoms in total. The van der Waals surface area contributed by atoms with E-state index < -0.39 is 0 Å². The van der Waals surface area contributed by atoms with Gasteiger partial charge in [0.2, 0.25) is 0 Å². The molecule has 0 saturated heterocycles. The minimum atomic E-state index is -0.383. The maximum atomic E-state index is 10.9. The molecule has 5 heteroatoms. The van der Waals surface area contributed by atoms with E-state index in [-0.39, 0.29) is 10.6 Å². The third kappa shape index (κ3) is 3.15. The van der Waals surface area contributed by atoms with Gasteiger partial charge >= 0.3 is 5.69 Å². The number of nitrogens with zero attached hydrogens (tertiary/aromatic N) is 2. The average molecular weight is 235 g/mol. The molecule has 0 radical (unpaired) electrons. The van der Waals surface area contributed by atoms with Crippen LogP contribution in [0.3, 0.4) is 0 Å². The first-order valence-corrected chi connectivity index (χ1v) is 6.12. The van der Waals surface area contributed by atoms with Gasteiger partial charge in [-0.15, -0.1) is 0 Å². The largest absolute Gasteiger partial charge is 0.377 e. The van der Waals surface area contributed by atoms with Crippen LogP contribution in [-0.4, -0.2) is 15.9 Å². The zero-order valence-electron chi connectivity index (χ0n) is 9.76. The van der Waals surface area contributed by atoms with Gasteiger partial charge in [0.1, 0.15) is 11.9 Å². The van der Waals surface area contributed by atoms with Crippen LogP contribution in [0.15, 0.2) is 18.5 Å². The molecule has 1 aromatic rings. The van der Waals surface area contributed by atoms with Gasteiger partial charge < -0.3 is 5.32 Å². The Morgan fingerprint density at radius 1 is 1.29 bits per heavy atom. The number of anilines is 1. The molecular weight excluding hydrogens is 218 g/mol. The molecule has 1 saturated carbocycles. The Kier molecular flexibility index (Phi) is 3.90. The van der Waals surface area contributed by atoms with Crippen LogP contribution >= 0.6 is 0 Å². The predicted molar refractivity (Wildman–Crippen MR) is 66.0 cm³/mol. The number of nitro groups is 1. The fraction of sp³-hybridized carbons (Fsp3) is 0.583. The summed E-state index contributed by atoms with van der Waals surface area (Å²) in [6.07, 6.45) is 10.0. The van der Waals surface area contributed by atoms with E-state index in [4.69, 9.17) is 0 Å². The van der Waals surface area contributed by atoms with E-state index in [0.717, 1.165) is 12.8 Å². The number of aromatic nitrogens is 1. The van der Waals surface area contributed by atoms with Crippen molar-refractivity contribution in [1.82, 2.24) is 4.98 Å². The normalized spacial score (nSPS) is 17.4. The van der Waals surface area contributed by atoms with Gasteiger partial charge in [0.25, 0.3) is 0 Å². The number of hydrogen-bond donors (Lipinski definition) is 1. The molecule has 1 heterocycles. The van der Waals surface area contributed by atoms with E-state index in [1.807, 2.05) is 0 Å². The lowest BCUT2D eigenvalue weighted by atomic mass is 10.1. The van der Waals surface area contributed by atoms with E-state index in [2.05, 4.69) is 10.3 Å². The summed E-state index contributed by atoms with van der Waals surface area (Å²) in [5.41, 5.74) is 0.661. The fourth-order valence-electron chi connectivity index (χ4n) is 2.30. The lowest BCUT2D eigenvalue weighted by molar-refractivity contribution is -0.384. The Bertz CT molecular complexity index is 387. The molecule has 0 aliphatic heterocycles. The summed E-state index contributed by atoms with van der Waals surface area (Å²) in [5, 5.41) is 14.1. The third-order valence-corrected chi connectivity index (χ3v) is 3.21. The summed E-state index contributed by atoms with van der Waals surface area (Å²) in [4.78, 5) is 14.3. The summed E-state index contributed by atoms with van der Waals surface area (Å²) >= 11 is 0. The summed E-state index contributed by atoms with van der Waals surface area (Å²) in [5.74, 6) is 0. The molecule has 2 rings (SSSR count). The minimum Gasteiger partial charge on any atom is -0.377 e. The van der Waals surface area contributed by atoms with Crippen molar-refractivity contribution in [2.45, 2.75) is 44.6 Å². The standard InChI is InChI=1S/C12H17N3O2/c16-15(17)12-9-13-8-7-11(12)14-10-5-3-1-2-4-6-10/h7-10H,1-6H2,(H,13,14). The third-order valence-electron chi connectivity index (χ3n) is 3.21. The SMILES string of the molecule is O=[N+]([O-])c1cnccc1NC1CCCCCC1. The summed E-state index contributed by atoms with van der Waals surface area (Å²) in [6, 6.07) is 2.04. The summed E-state index contributed by atoms with van der Waals surface area (Å²) < 4.78 is 0. The van der Waals surface area contributed by atoms with E-state index in [1.54, 1.807) is 12.3 Å². The first-order chi connectivity index (χ1) is 8.27. The molecule has 1 aliphatic carbocycles. The molecule has 0 spiro atoms. The van der Waals surface area contributed by atoms with Crippen molar-refractivity contribution in [1.29, 1.82) is 0 Å². The molecule has 1 aromatic heterocycles. The Labute approximate surface area is 100 Å². The second-order valence-electron chi connectivity index (χ2n) is 4.48. The van der Waals surface area contributed by atoms with Crippen molar-refractivity contribution < 1.29 is 4.92 Å². The molecule has 0 atom stereocenters. The van der Waals surface area contributed by atoms with Gasteiger partial charge in [-0.3, -0.25) is 15.1 Å². The predicted octanol–water partition coefficient (Wildman–Crippen LogP) is 3.12. The molecule has 1 N–H and O–H groups in total. The van der Waals surface area contributed by atoms with Crippen molar-refractivity contribution in [3.63, 3.8) is 0 Å². The molecule has 0 bridgehead atoms. The van der Waals surface area contributed by atoms with Gasteiger partial charge in [-0.2, -0.15) is 0 Å². The first-order valence-electron chi connectivity index (χ1n) is 6.12. The Morgan fingerprint density at radius 3 is 2.65 bits per heavy atom. The van der Waals surface area contributed by atoms with Crippen LogP contribution in [0.2, 0.25) is 0 Å². The van der Waals surface area contributed by atoms with Crippen molar-refractivity contribution in [2.75, 3.05) is 5.32 Å². The van der Waals surface area contributed by atoms with Crippen LogP contribution in [0, 0.1) is 10.1 Å². The van der Waals surface area contributed by atoms with Crippen LogP contribution in [0.25, 0.3) is 0 Å². The van der Waals surface area contributed by atoms with Gasteiger partial charge in [-0.25, -0.2) is 0 Å². The minimum absolute atomic E-state index is 0.0664. The summed E-state index contributed by atoms with van der Waals surface area (Å²) in [6.45, 7) is 0. The quantitative estimate of drug-likeness (QED) is 0.496. The van der Waals surface area contributed by atoms with E-state index in [1.165, 1.54) is 31.9 Å². The first kappa shape index (κ1) is 11.8. The number of nitrogens with one attached hydrogen (secondary N) is 1. The average Bonchev–Trinajstić information content (AvgIpc) is 2.58. The Hall–Kier alpha value is -1.65. The van der Waals surface area contributed by atoms with Gasteiger partial charge in [0.05, 0.1) is 4.92 Å². The summed E-state index contributed by atoms with van der Waals surface area (Å²) in [7, 11) is 0. The topological polar surface area (TPSA) is 68.1 Å². The van der Waals surface area contributed by atoms with E-state index in [9.17, 15) is 10.1 Å².